The molecule has 0 atom stereocenters. The molecule has 4 nitrogen and oxygen atoms in total. The second-order valence-electron chi connectivity index (χ2n) is 4.47. The number of hydrogen-bond donors (Lipinski definition) is 1. The third-order valence-electron chi connectivity index (χ3n) is 2.77. The summed E-state index contributed by atoms with van der Waals surface area (Å²) in [6.45, 7) is 4.21. The van der Waals surface area contributed by atoms with Crippen LogP contribution in [-0.2, 0) is 27.4 Å². The number of benzene rings is 1. The number of nitrogens with one attached hydrogen (secondary N) is 1. The van der Waals surface area contributed by atoms with Gasteiger partial charge in [0.25, 0.3) is 0 Å². The van der Waals surface area contributed by atoms with Crippen LogP contribution in [0.5, 0.6) is 0 Å². The highest BCUT2D eigenvalue weighted by atomic mass is 79.9. The molecule has 0 aromatic heterocycles. The molecule has 1 aromatic rings. The summed E-state index contributed by atoms with van der Waals surface area (Å²) >= 11 is 3.58. The Morgan fingerprint density at radius 3 is 2.60 bits per heavy atom. The second-order valence-corrected chi connectivity index (χ2v) is 5.32. The molecule has 0 spiro atoms. The van der Waals surface area contributed by atoms with Crippen molar-refractivity contribution in [2.75, 3.05) is 40.6 Å². The zero-order chi connectivity index (χ0) is 14.6. The van der Waals surface area contributed by atoms with Crippen molar-refractivity contribution >= 4 is 15.9 Å². The minimum atomic E-state index is 0.624. The topological polar surface area (TPSA) is 39.7 Å². The summed E-state index contributed by atoms with van der Waals surface area (Å²) in [6, 6.07) is 6.35. The van der Waals surface area contributed by atoms with Gasteiger partial charge in [0.15, 0.2) is 0 Å². The van der Waals surface area contributed by atoms with Crippen LogP contribution in [0.1, 0.15) is 17.5 Å². The summed E-state index contributed by atoms with van der Waals surface area (Å²) in [5.74, 6) is 0. The van der Waals surface area contributed by atoms with Crippen LogP contribution in [0.15, 0.2) is 22.7 Å². The van der Waals surface area contributed by atoms with Crippen molar-refractivity contribution in [1.82, 2.24) is 5.32 Å². The van der Waals surface area contributed by atoms with Gasteiger partial charge < -0.3 is 19.5 Å². The van der Waals surface area contributed by atoms with Gasteiger partial charge in [-0.15, -0.1) is 0 Å². The summed E-state index contributed by atoms with van der Waals surface area (Å²) in [6.07, 6.45) is 0.902. The lowest BCUT2D eigenvalue weighted by molar-refractivity contribution is 0.0482. The maximum absolute atomic E-state index is 5.65. The van der Waals surface area contributed by atoms with Crippen LogP contribution in [0.2, 0.25) is 0 Å². The van der Waals surface area contributed by atoms with Gasteiger partial charge in [0, 0.05) is 31.3 Å². The first-order valence-electron chi connectivity index (χ1n) is 6.84. The van der Waals surface area contributed by atoms with Crippen molar-refractivity contribution in [3.8, 4) is 0 Å². The van der Waals surface area contributed by atoms with Crippen LogP contribution in [0.25, 0.3) is 0 Å². The van der Waals surface area contributed by atoms with E-state index in [9.17, 15) is 0 Å². The highest BCUT2D eigenvalue weighted by Crippen LogP contribution is 2.19. The molecule has 0 bridgehead atoms. The van der Waals surface area contributed by atoms with Crippen molar-refractivity contribution in [3.05, 3.63) is 33.8 Å². The number of rotatable bonds is 11. The van der Waals surface area contributed by atoms with Crippen LogP contribution in [0.4, 0.5) is 0 Å². The standard InChI is InChI=1S/C15H24BrNO3/c1-17-11-13-4-5-14(15(16)10-13)12-20-7-3-6-19-9-8-18-2/h4-5,10,17H,3,6-9,11-12H2,1-2H3. The predicted octanol–water partition coefficient (Wildman–Crippen LogP) is 2.74. The number of ether oxygens (including phenoxy) is 3. The fourth-order valence-corrected chi connectivity index (χ4v) is 2.25. The Labute approximate surface area is 129 Å². The zero-order valence-corrected chi connectivity index (χ0v) is 13.9. The molecule has 0 aliphatic rings. The van der Waals surface area contributed by atoms with Crippen molar-refractivity contribution in [2.24, 2.45) is 0 Å². The average molecular weight is 346 g/mol. The van der Waals surface area contributed by atoms with Crippen molar-refractivity contribution in [3.63, 3.8) is 0 Å². The van der Waals surface area contributed by atoms with E-state index in [0.717, 1.165) is 17.4 Å². The van der Waals surface area contributed by atoms with Gasteiger partial charge in [-0.3, -0.25) is 0 Å². The summed E-state index contributed by atoms with van der Waals surface area (Å²) in [5, 5.41) is 3.14. The Morgan fingerprint density at radius 1 is 1.10 bits per heavy atom. The van der Waals surface area contributed by atoms with E-state index in [1.807, 2.05) is 7.05 Å². The maximum atomic E-state index is 5.65. The van der Waals surface area contributed by atoms with E-state index in [4.69, 9.17) is 14.2 Å². The fourth-order valence-electron chi connectivity index (χ4n) is 1.71. The van der Waals surface area contributed by atoms with Crippen LogP contribution < -0.4 is 5.32 Å². The molecule has 0 saturated carbocycles. The van der Waals surface area contributed by atoms with E-state index in [2.05, 4.69) is 39.4 Å². The van der Waals surface area contributed by atoms with E-state index >= 15 is 0 Å². The first-order valence-corrected chi connectivity index (χ1v) is 7.63. The highest BCUT2D eigenvalue weighted by Gasteiger charge is 2.01. The molecule has 20 heavy (non-hydrogen) atoms. The Bertz CT molecular complexity index is 374. The quantitative estimate of drug-likeness (QED) is 0.626. The number of halogens is 1. The molecular formula is C15H24BrNO3. The largest absolute Gasteiger partial charge is 0.382 e. The third kappa shape index (κ3) is 7.36. The Hall–Kier alpha value is -0.460. The van der Waals surface area contributed by atoms with E-state index in [1.54, 1.807) is 7.11 Å². The van der Waals surface area contributed by atoms with Gasteiger partial charge in [-0.2, -0.15) is 0 Å². The normalized spacial score (nSPS) is 10.9. The van der Waals surface area contributed by atoms with Gasteiger partial charge in [0.1, 0.15) is 0 Å². The van der Waals surface area contributed by atoms with E-state index < -0.39 is 0 Å². The molecule has 0 aliphatic heterocycles. The third-order valence-corrected chi connectivity index (χ3v) is 3.50. The fraction of sp³-hybridized carbons (Fsp3) is 0.600. The molecule has 1 aromatic carbocycles. The van der Waals surface area contributed by atoms with Gasteiger partial charge in [-0.05, 0) is 30.7 Å². The monoisotopic (exact) mass is 345 g/mol. The molecule has 0 amide bonds. The Balaban J connectivity index is 2.15. The Kier molecular flexibility index (Phi) is 9.87. The van der Waals surface area contributed by atoms with Crippen LogP contribution in [0.3, 0.4) is 0 Å². The predicted molar refractivity (Wildman–Crippen MR) is 83.9 cm³/mol. The molecule has 0 unspecified atom stereocenters. The lowest BCUT2D eigenvalue weighted by Gasteiger charge is -2.09. The van der Waals surface area contributed by atoms with E-state index in [-0.39, 0.29) is 0 Å². The Morgan fingerprint density at radius 2 is 1.90 bits per heavy atom. The summed E-state index contributed by atoms with van der Waals surface area (Å²) < 4.78 is 17.0. The average Bonchev–Trinajstić information content (AvgIpc) is 2.44. The van der Waals surface area contributed by atoms with Crippen LogP contribution >= 0.6 is 15.9 Å². The highest BCUT2D eigenvalue weighted by molar-refractivity contribution is 9.10. The van der Waals surface area contributed by atoms with Gasteiger partial charge in [-0.25, -0.2) is 0 Å². The molecular weight excluding hydrogens is 322 g/mol. The lowest BCUT2D eigenvalue weighted by atomic mass is 10.1. The molecule has 1 N–H and O–H groups in total. The van der Waals surface area contributed by atoms with Crippen molar-refractivity contribution in [2.45, 2.75) is 19.6 Å². The summed E-state index contributed by atoms with van der Waals surface area (Å²) in [5.41, 5.74) is 2.43. The molecule has 0 radical (unpaired) electrons. The second kappa shape index (κ2) is 11.2. The number of hydrogen-bond acceptors (Lipinski definition) is 4. The molecule has 0 aliphatic carbocycles. The van der Waals surface area contributed by atoms with Crippen LogP contribution in [-0.4, -0.2) is 40.6 Å². The van der Waals surface area contributed by atoms with Crippen molar-refractivity contribution < 1.29 is 14.2 Å². The smallest absolute Gasteiger partial charge is 0.0727 e. The minimum Gasteiger partial charge on any atom is -0.382 e. The van der Waals surface area contributed by atoms with Crippen LogP contribution in [0, 0.1) is 0 Å². The van der Waals surface area contributed by atoms with Gasteiger partial charge >= 0.3 is 0 Å². The minimum absolute atomic E-state index is 0.624. The van der Waals surface area contributed by atoms with E-state index in [0.29, 0.717) is 33.0 Å². The molecule has 0 fully saturated rings. The summed E-state index contributed by atoms with van der Waals surface area (Å²) in [7, 11) is 3.62. The van der Waals surface area contributed by atoms with E-state index in [1.165, 1.54) is 11.1 Å². The first-order chi connectivity index (χ1) is 9.77. The zero-order valence-electron chi connectivity index (χ0n) is 12.3. The molecule has 5 heteroatoms. The number of methoxy groups -OCH3 is 1. The SMILES string of the molecule is CNCc1ccc(COCCCOCCOC)c(Br)c1. The van der Waals surface area contributed by atoms with Gasteiger partial charge in [0.05, 0.1) is 19.8 Å². The first kappa shape index (κ1) is 17.6. The molecule has 114 valence electrons. The van der Waals surface area contributed by atoms with Crippen molar-refractivity contribution in [1.29, 1.82) is 0 Å². The molecule has 0 heterocycles. The maximum Gasteiger partial charge on any atom is 0.0727 e. The molecule has 1 rings (SSSR count). The lowest BCUT2D eigenvalue weighted by Crippen LogP contribution is -2.06. The summed E-state index contributed by atoms with van der Waals surface area (Å²) in [4.78, 5) is 0. The van der Waals surface area contributed by atoms with Gasteiger partial charge in [0.2, 0.25) is 0 Å². The van der Waals surface area contributed by atoms with Gasteiger partial charge in [-0.1, -0.05) is 28.1 Å². The molecule has 0 saturated heterocycles.